The summed E-state index contributed by atoms with van der Waals surface area (Å²) in [5.74, 6) is 0.0922. The van der Waals surface area contributed by atoms with Crippen molar-refractivity contribution in [2.24, 2.45) is 0 Å². The second kappa shape index (κ2) is 8.47. The lowest BCUT2D eigenvalue weighted by atomic mass is 10.1. The molecular weight excluding hydrogens is 411 g/mol. The molecule has 0 aliphatic carbocycles. The smallest absolute Gasteiger partial charge is 0.287 e. The summed E-state index contributed by atoms with van der Waals surface area (Å²) >= 11 is 0. The Morgan fingerprint density at radius 2 is 1.56 bits per heavy atom. The zero-order chi connectivity index (χ0) is 21.9. The van der Waals surface area contributed by atoms with E-state index in [1.807, 2.05) is 30.3 Å². The van der Waals surface area contributed by atoms with Gasteiger partial charge in [0.25, 0.3) is 5.89 Å². The maximum atomic E-state index is 13.2. The minimum atomic E-state index is -0.323. The van der Waals surface area contributed by atoms with Crippen LogP contribution in [0.5, 0.6) is 5.75 Å². The van der Waals surface area contributed by atoms with Crippen LogP contribution in [0.1, 0.15) is 17.0 Å². The lowest BCUT2D eigenvalue weighted by Gasteiger charge is -2.09. The number of ether oxygens (including phenoxy) is 1. The third kappa shape index (κ3) is 4.00. The highest BCUT2D eigenvalue weighted by Gasteiger charge is 2.22. The molecule has 0 atom stereocenters. The van der Waals surface area contributed by atoms with Gasteiger partial charge in [-0.1, -0.05) is 54.6 Å². The van der Waals surface area contributed by atoms with Crippen molar-refractivity contribution in [1.82, 2.24) is 10.2 Å². The molecule has 5 aromatic rings. The van der Waals surface area contributed by atoms with Crippen molar-refractivity contribution in [2.45, 2.75) is 13.0 Å². The number of benzene rings is 3. The van der Waals surface area contributed by atoms with Gasteiger partial charge < -0.3 is 13.6 Å². The van der Waals surface area contributed by atoms with Crippen LogP contribution in [0.3, 0.4) is 0 Å². The summed E-state index contributed by atoms with van der Waals surface area (Å²) in [7, 11) is 0. The summed E-state index contributed by atoms with van der Waals surface area (Å²) in [6, 6.07) is 22.4. The van der Waals surface area contributed by atoms with Crippen molar-refractivity contribution in [1.29, 1.82) is 0 Å². The van der Waals surface area contributed by atoms with Crippen LogP contribution in [0.15, 0.2) is 92.5 Å². The molecule has 3 aromatic carbocycles. The molecule has 6 nitrogen and oxygen atoms in total. The number of rotatable bonds is 6. The highest BCUT2D eigenvalue weighted by Crippen LogP contribution is 2.31. The van der Waals surface area contributed by atoms with E-state index in [9.17, 15) is 9.18 Å². The molecule has 0 spiro atoms. The molecule has 0 aliphatic rings. The first-order valence-electron chi connectivity index (χ1n) is 9.97. The van der Waals surface area contributed by atoms with Gasteiger partial charge in [-0.15, -0.1) is 10.2 Å². The molecule has 0 saturated heterocycles. The fraction of sp³-hybridized carbons (Fsp3) is 0.0800. The molecule has 0 N–H and O–H groups in total. The normalized spacial score (nSPS) is 11.0. The minimum absolute atomic E-state index is 0.00420. The van der Waals surface area contributed by atoms with Gasteiger partial charge in [-0.25, -0.2) is 4.39 Å². The third-order valence-corrected chi connectivity index (χ3v) is 4.91. The van der Waals surface area contributed by atoms with Gasteiger partial charge in [-0.05, 0) is 35.4 Å². The first-order chi connectivity index (χ1) is 15.7. The number of hydrogen-bond donors (Lipinski definition) is 0. The molecule has 5 rings (SSSR count). The molecule has 32 heavy (non-hydrogen) atoms. The Balaban J connectivity index is 1.53. The summed E-state index contributed by atoms with van der Waals surface area (Å²) in [6.45, 7) is 0.174. The molecule has 0 unspecified atom stereocenters. The molecule has 158 valence electrons. The second-order valence-corrected chi connectivity index (χ2v) is 7.16. The average Bonchev–Trinajstić information content (AvgIpc) is 3.29. The van der Waals surface area contributed by atoms with Crippen LogP contribution < -0.4 is 10.2 Å². The number of para-hydroxylation sites is 1. The van der Waals surface area contributed by atoms with Crippen LogP contribution in [0, 0.1) is 5.82 Å². The molecule has 0 bridgehead atoms. The first kappa shape index (κ1) is 19.7. The van der Waals surface area contributed by atoms with Crippen molar-refractivity contribution in [3.05, 3.63) is 112 Å². The Labute approximate surface area is 181 Å². The Morgan fingerprint density at radius 1 is 0.812 bits per heavy atom. The molecule has 2 aromatic heterocycles. The van der Waals surface area contributed by atoms with Gasteiger partial charge in [-0.3, -0.25) is 4.79 Å². The zero-order valence-corrected chi connectivity index (χ0v) is 16.8. The Bertz CT molecular complexity index is 1430. The van der Waals surface area contributed by atoms with Crippen LogP contribution in [0.25, 0.3) is 22.6 Å². The first-order valence-corrected chi connectivity index (χ1v) is 9.97. The fourth-order valence-electron chi connectivity index (χ4n) is 3.32. The summed E-state index contributed by atoms with van der Waals surface area (Å²) in [5.41, 5.74) is 1.77. The lowest BCUT2D eigenvalue weighted by molar-refractivity contribution is 0.296. The molecule has 0 amide bonds. The van der Waals surface area contributed by atoms with Crippen LogP contribution >= 0.6 is 0 Å². The number of nitrogens with zero attached hydrogens (tertiary/aromatic N) is 2. The largest absolute Gasteiger partial charge is 0.481 e. The lowest BCUT2D eigenvalue weighted by Crippen LogP contribution is -2.10. The number of hydrogen-bond acceptors (Lipinski definition) is 6. The van der Waals surface area contributed by atoms with Crippen molar-refractivity contribution >= 4 is 11.0 Å². The van der Waals surface area contributed by atoms with Crippen molar-refractivity contribution in [2.75, 3.05) is 0 Å². The van der Waals surface area contributed by atoms with Gasteiger partial charge in [0.2, 0.25) is 22.8 Å². The van der Waals surface area contributed by atoms with E-state index in [0.29, 0.717) is 23.3 Å². The van der Waals surface area contributed by atoms with E-state index in [0.717, 1.165) is 11.1 Å². The van der Waals surface area contributed by atoms with Gasteiger partial charge in [-0.2, -0.15) is 0 Å². The third-order valence-electron chi connectivity index (χ3n) is 4.91. The van der Waals surface area contributed by atoms with Crippen LogP contribution in [0.2, 0.25) is 0 Å². The van der Waals surface area contributed by atoms with E-state index in [-0.39, 0.29) is 35.3 Å². The van der Waals surface area contributed by atoms with Crippen molar-refractivity contribution in [3.63, 3.8) is 0 Å². The van der Waals surface area contributed by atoms with Crippen molar-refractivity contribution in [3.8, 4) is 17.4 Å². The highest BCUT2D eigenvalue weighted by atomic mass is 19.1. The topological polar surface area (TPSA) is 78.4 Å². The molecule has 2 heterocycles. The molecule has 0 aliphatic heterocycles. The fourth-order valence-corrected chi connectivity index (χ4v) is 3.32. The monoisotopic (exact) mass is 428 g/mol. The molecule has 0 saturated carbocycles. The molecular formula is C25H17FN2O4. The van der Waals surface area contributed by atoms with Crippen LogP contribution in [-0.2, 0) is 13.0 Å². The zero-order valence-electron chi connectivity index (χ0n) is 16.8. The Morgan fingerprint density at radius 3 is 2.38 bits per heavy atom. The van der Waals surface area contributed by atoms with Gasteiger partial charge in [0.15, 0.2) is 0 Å². The predicted molar refractivity (Wildman–Crippen MR) is 116 cm³/mol. The number of aromatic nitrogens is 2. The maximum absolute atomic E-state index is 13.2. The van der Waals surface area contributed by atoms with E-state index < -0.39 is 0 Å². The predicted octanol–water partition coefficient (Wildman–Crippen LogP) is 5.15. The summed E-state index contributed by atoms with van der Waals surface area (Å²) in [6.07, 6.45) is 0.311. The van der Waals surface area contributed by atoms with E-state index in [2.05, 4.69) is 10.2 Å². The standard InChI is InChI=1S/C25H17FN2O4/c26-18-12-10-16(11-13-18)14-21-27-28-25(32-21)24-23(30-15-17-6-2-1-3-7-17)22(29)19-8-4-5-9-20(19)31-24/h1-13H,14-15H2. The van der Waals surface area contributed by atoms with E-state index in [1.54, 1.807) is 36.4 Å². The van der Waals surface area contributed by atoms with Crippen LogP contribution in [0.4, 0.5) is 4.39 Å². The van der Waals surface area contributed by atoms with E-state index in [4.69, 9.17) is 13.6 Å². The van der Waals surface area contributed by atoms with Gasteiger partial charge in [0.05, 0.1) is 11.8 Å². The average molecular weight is 428 g/mol. The molecule has 7 heteroatoms. The van der Waals surface area contributed by atoms with E-state index >= 15 is 0 Å². The highest BCUT2D eigenvalue weighted by molar-refractivity contribution is 5.80. The van der Waals surface area contributed by atoms with Gasteiger partial charge >= 0.3 is 0 Å². The maximum Gasteiger partial charge on any atom is 0.287 e. The SMILES string of the molecule is O=c1c(OCc2ccccc2)c(-c2nnc(Cc3ccc(F)cc3)o2)oc2ccccc12. The number of halogens is 1. The quantitative estimate of drug-likeness (QED) is 0.372. The summed E-state index contributed by atoms with van der Waals surface area (Å²) < 4.78 is 30.8. The Hall–Kier alpha value is -4.26. The second-order valence-electron chi connectivity index (χ2n) is 7.16. The summed E-state index contributed by atoms with van der Waals surface area (Å²) in [4.78, 5) is 13.2. The molecule has 0 fully saturated rings. The van der Waals surface area contributed by atoms with Gasteiger partial charge in [0, 0.05) is 0 Å². The summed E-state index contributed by atoms with van der Waals surface area (Å²) in [5, 5.41) is 8.51. The minimum Gasteiger partial charge on any atom is -0.481 e. The van der Waals surface area contributed by atoms with Crippen molar-refractivity contribution < 1.29 is 18.0 Å². The Kier molecular flexibility index (Phi) is 5.21. The van der Waals surface area contributed by atoms with E-state index in [1.165, 1.54) is 12.1 Å². The van der Waals surface area contributed by atoms with Gasteiger partial charge in [0.1, 0.15) is 18.0 Å². The molecule has 0 radical (unpaired) electrons. The number of fused-ring (bicyclic) bond motifs is 1. The van der Waals surface area contributed by atoms with Crippen LogP contribution in [-0.4, -0.2) is 10.2 Å².